The van der Waals surface area contributed by atoms with E-state index in [0.717, 1.165) is 12.2 Å². The molecule has 2 heteroatoms. The number of nitrogens with one attached hydrogen (secondary N) is 1. The van der Waals surface area contributed by atoms with Crippen LogP contribution in [0.1, 0.15) is 32.6 Å². The molecule has 94 valence electrons. The van der Waals surface area contributed by atoms with Crippen LogP contribution in [-0.2, 0) is 4.74 Å². The minimum absolute atomic E-state index is 0.618. The third-order valence-corrected chi connectivity index (χ3v) is 4.06. The number of allylic oxidation sites excluding steroid dienone is 4. The van der Waals surface area contributed by atoms with Gasteiger partial charge in [0, 0.05) is 12.6 Å². The third kappa shape index (κ3) is 3.01. The van der Waals surface area contributed by atoms with Crippen LogP contribution >= 0.6 is 0 Å². The van der Waals surface area contributed by atoms with Crippen LogP contribution in [0.5, 0.6) is 0 Å². The smallest absolute Gasteiger partial charge is 0.0957 e. The van der Waals surface area contributed by atoms with Gasteiger partial charge in [0.1, 0.15) is 0 Å². The van der Waals surface area contributed by atoms with Crippen molar-refractivity contribution < 1.29 is 4.74 Å². The molecule has 2 rings (SSSR count). The first kappa shape index (κ1) is 12.4. The predicted molar refractivity (Wildman–Crippen MR) is 71.7 cm³/mol. The van der Waals surface area contributed by atoms with Gasteiger partial charge in [-0.05, 0) is 43.6 Å². The van der Waals surface area contributed by atoms with E-state index in [-0.39, 0.29) is 0 Å². The molecule has 1 atom stereocenters. The Morgan fingerprint density at radius 3 is 2.82 bits per heavy atom. The molecule has 1 heterocycles. The van der Waals surface area contributed by atoms with Gasteiger partial charge in [0.2, 0.25) is 0 Å². The zero-order valence-electron chi connectivity index (χ0n) is 11.0. The van der Waals surface area contributed by atoms with Crippen molar-refractivity contribution >= 4 is 0 Å². The topological polar surface area (TPSA) is 21.3 Å². The molecule has 1 aliphatic carbocycles. The van der Waals surface area contributed by atoms with Gasteiger partial charge in [-0.3, -0.25) is 0 Å². The van der Waals surface area contributed by atoms with E-state index in [1.54, 1.807) is 7.11 Å². The second-order valence-electron chi connectivity index (χ2n) is 5.37. The largest absolute Gasteiger partial charge is 0.501 e. The second kappa shape index (κ2) is 5.09. The van der Waals surface area contributed by atoms with Crippen LogP contribution in [0.4, 0.5) is 0 Å². The summed E-state index contributed by atoms with van der Waals surface area (Å²) in [6.07, 6.45) is 11.1. The summed E-state index contributed by atoms with van der Waals surface area (Å²) >= 11 is 0. The first-order valence-corrected chi connectivity index (χ1v) is 6.45. The molecule has 0 aromatic carbocycles. The molecule has 1 spiro atoms. The second-order valence-corrected chi connectivity index (χ2v) is 5.37. The molecule has 0 radical (unpaired) electrons. The van der Waals surface area contributed by atoms with Gasteiger partial charge in [0.05, 0.1) is 12.9 Å². The molecular weight excluding hydrogens is 210 g/mol. The SMILES string of the molecule is C=C/C=C\C(CC1CC2(CC2)CN1)=C(/C)OC. The van der Waals surface area contributed by atoms with Crippen molar-refractivity contribution in [2.75, 3.05) is 13.7 Å². The molecule has 1 saturated heterocycles. The molecule has 2 nitrogen and oxygen atoms in total. The summed E-state index contributed by atoms with van der Waals surface area (Å²) in [5.41, 5.74) is 1.95. The lowest BCUT2D eigenvalue weighted by Gasteiger charge is -2.13. The Morgan fingerprint density at radius 2 is 2.29 bits per heavy atom. The quantitative estimate of drug-likeness (QED) is 0.581. The molecule has 2 aliphatic rings. The highest BCUT2D eigenvalue weighted by Crippen LogP contribution is 2.52. The van der Waals surface area contributed by atoms with Crippen LogP contribution in [0, 0.1) is 5.41 Å². The molecular formula is C15H23NO. The van der Waals surface area contributed by atoms with E-state index in [1.165, 1.54) is 31.4 Å². The van der Waals surface area contributed by atoms with E-state index < -0.39 is 0 Å². The van der Waals surface area contributed by atoms with Crippen molar-refractivity contribution in [3.63, 3.8) is 0 Å². The standard InChI is InChI=1S/C15H23NO/c1-4-5-6-13(12(2)17-3)9-14-10-15(7-8-15)11-16-14/h4-6,14,16H,1,7-11H2,2-3H3/b6-5-,13-12-. The summed E-state index contributed by atoms with van der Waals surface area (Å²) < 4.78 is 5.35. The summed E-state index contributed by atoms with van der Waals surface area (Å²) in [7, 11) is 1.74. The van der Waals surface area contributed by atoms with Gasteiger partial charge in [-0.25, -0.2) is 0 Å². The molecule has 0 aromatic rings. The van der Waals surface area contributed by atoms with Crippen LogP contribution in [0.15, 0.2) is 36.1 Å². The van der Waals surface area contributed by atoms with Gasteiger partial charge in [0.25, 0.3) is 0 Å². The van der Waals surface area contributed by atoms with Crippen LogP contribution in [0.2, 0.25) is 0 Å². The van der Waals surface area contributed by atoms with E-state index in [4.69, 9.17) is 4.74 Å². The lowest BCUT2D eigenvalue weighted by molar-refractivity contribution is 0.287. The van der Waals surface area contributed by atoms with Crippen molar-refractivity contribution in [2.45, 2.75) is 38.6 Å². The predicted octanol–water partition coefficient (Wildman–Crippen LogP) is 3.18. The number of hydrogen-bond donors (Lipinski definition) is 1. The highest BCUT2D eigenvalue weighted by Gasteiger charge is 2.47. The lowest BCUT2D eigenvalue weighted by atomic mass is 9.97. The maximum absolute atomic E-state index is 5.35. The molecule has 0 bridgehead atoms. The molecule has 2 fully saturated rings. The molecule has 1 saturated carbocycles. The Labute approximate surface area is 104 Å². The van der Waals surface area contributed by atoms with Gasteiger partial charge in [-0.1, -0.05) is 24.8 Å². The monoisotopic (exact) mass is 233 g/mol. The van der Waals surface area contributed by atoms with Crippen molar-refractivity contribution in [3.8, 4) is 0 Å². The van der Waals surface area contributed by atoms with Crippen molar-refractivity contribution in [2.24, 2.45) is 5.41 Å². The van der Waals surface area contributed by atoms with Gasteiger partial charge in [-0.15, -0.1) is 0 Å². The normalized spacial score (nSPS) is 27.3. The summed E-state index contributed by atoms with van der Waals surface area (Å²) in [5.74, 6) is 1.02. The minimum atomic E-state index is 0.618. The highest BCUT2D eigenvalue weighted by molar-refractivity contribution is 5.26. The number of ether oxygens (including phenoxy) is 1. The van der Waals surface area contributed by atoms with Gasteiger partial charge in [0.15, 0.2) is 0 Å². The van der Waals surface area contributed by atoms with Gasteiger partial charge in [-0.2, -0.15) is 0 Å². The fraction of sp³-hybridized carbons (Fsp3) is 0.600. The lowest BCUT2D eigenvalue weighted by Crippen LogP contribution is -2.22. The van der Waals surface area contributed by atoms with Crippen molar-refractivity contribution in [3.05, 3.63) is 36.1 Å². The van der Waals surface area contributed by atoms with E-state index in [0.29, 0.717) is 11.5 Å². The third-order valence-electron chi connectivity index (χ3n) is 4.06. The average molecular weight is 233 g/mol. The maximum Gasteiger partial charge on any atom is 0.0957 e. The number of hydrogen-bond acceptors (Lipinski definition) is 2. The van der Waals surface area contributed by atoms with Crippen LogP contribution in [0.3, 0.4) is 0 Å². The fourth-order valence-corrected chi connectivity index (χ4v) is 2.64. The van der Waals surface area contributed by atoms with E-state index in [2.05, 4.69) is 18.0 Å². The first-order valence-electron chi connectivity index (χ1n) is 6.45. The van der Waals surface area contributed by atoms with E-state index >= 15 is 0 Å². The van der Waals surface area contributed by atoms with Crippen LogP contribution in [0.25, 0.3) is 0 Å². The Kier molecular flexibility index (Phi) is 3.72. The van der Waals surface area contributed by atoms with Crippen molar-refractivity contribution in [1.29, 1.82) is 0 Å². The van der Waals surface area contributed by atoms with Crippen LogP contribution in [-0.4, -0.2) is 19.7 Å². The summed E-state index contributed by atoms with van der Waals surface area (Å²) in [4.78, 5) is 0. The zero-order chi connectivity index (χ0) is 12.3. The fourth-order valence-electron chi connectivity index (χ4n) is 2.64. The van der Waals surface area contributed by atoms with Crippen molar-refractivity contribution in [1.82, 2.24) is 5.32 Å². The number of methoxy groups -OCH3 is 1. The molecule has 1 N–H and O–H groups in total. The van der Waals surface area contributed by atoms with Gasteiger partial charge < -0.3 is 10.1 Å². The summed E-state index contributed by atoms with van der Waals surface area (Å²) in [5, 5.41) is 3.65. The Morgan fingerprint density at radius 1 is 1.53 bits per heavy atom. The Balaban J connectivity index is 1.98. The van der Waals surface area contributed by atoms with Crippen LogP contribution < -0.4 is 5.32 Å². The average Bonchev–Trinajstić information content (AvgIpc) is 2.97. The molecule has 1 unspecified atom stereocenters. The summed E-state index contributed by atoms with van der Waals surface area (Å²) in [6, 6.07) is 0.618. The molecule has 0 amide bonds. The van der Waals surface area contributed by atoms with Gasteiger partial charge >= 0.3 is 0 Å². The van der Waals surface area contributed by atoms with E-state index in [9.17, 15) is 0 Å². The first-order chi connectivity index (χ1) is 8.19. The zero-order valence-corrected chi connectivity index (χ0v) is 11.0. The van der Waals surface area contributed by atoms with E-state index in [1.807, 2.05) is 19.1 Å². The Hall–Kier alpha value is -1.02. The molecule has 17 heavy (non-hydrogen) atoms. The minimum Gasteiger partial charge on any atom is -0.501 e. The number of rotatable bonds is 5. The molecule has 1 aliphatic heterocycles. The maximum atomic E-state index is 5.35. The highest BCUT2D eigenvalue weighted by atomic mass is 16.5. The Bertz CT molecular complexity index is 350. The molecule has 0 aromatic heterocycles. The summed E-state index contributed by atoms with van der Waals surface area (Å²) in [6.45, 7) is 6.96.